The Morgan fingerprint density at radius 1 is 0.548 bits per heavy atom. The van der Waals surface area contributed by atoms with Crippen LogP contribution in [0.4, 0.5) is 20.4 Å². The van der Waals surface area contributed by atoms with Gasteiger partial charge in [-0.3, -0.25) is 9.59 Å². The van der Waals surface area contributed by atoms with Gasteiger partial charge in [-0.05, 0) is 48.2 Å². The predicted octanol–water partition coefficient (Wildman–Crippen LogP) is 9.66. The van der Waals surface area contributed by atoms with Crippen LogP contribution < -0.4 is 21.5 Å². The van der Waals surface area contributed by atoms with Crippen LogP contribution in [0.5, 0.6) is 0 Å². The third-order valence-corrected chi connectivity index (χ3v) is 10.4. The molecule has 0 saturated carbocycles. The van der Waals surface area contributed by atoms with Gasteiger partial charge in [0, 0.05) is 0 Å². The van der Waals surface area contributed by atoms with Crippen molar-refractivity contribution in [2.45, 2.75) is 38.8 Å². The van der Waals surface area contributed by atoms with Crippen molar-refractivity contribution in [1.82, 2.24) is 39.9 Å². The molecular weight excluding hydrogens is 795 g/mol. The first kappa shape index (κ1) is 39.3. The van der Waals surface area contributed by atoms with Crippen molar-refractivity contribution >= 4 is 55.9 Å². The Balaban J connectivity index is 0.000000158. The number of benzene rings is 4. The lowest BCUT2D eigenvalue weighted by atomic mass is 9.97. The van der Waals surface area contributed by atoms with Crippen molar-refractivity contribution in [1.29, 1.82) is 0 Å². The quantitative estimate of drug-likeness (QED) is 0.102. The van der Waals surface area contributed by atoms with Gasteiger partial charge in [0.2, 0.25) is 10.9 Å². The minimum Gasteiger partial charge on any atom is -0.458 e. The molecule has 0 bridgehead atoms. The first-order valence-electron chi connectivity index (χ1n) is 19.8. The van der Waals surface area contributed by atoms with Gasteiger partial charge in [0.15, 0.2) is 22.9 Å². The van der Waals surface area contributed by atoms with E-state index in [0.29, 0.717) is 80.6 Å². The van der Waals surface area contributed by atoms with Crippen LogP contribution in [0.1, 0.15) is 50.3 Å². The van der Waals surface area contributed by atoms with E-state index >= 15 is 0 Å². The first-order valence-corrected chi connectivity index (χ1v) is 19.8. The van der Waals surface area contributed by atoms with Gasteiger partial charge in [0.1, 0.15) is 68.8 Å². The van der Waals surface area contributed by atoms with Crippen LogP contribution >= 0.6 is 0 Å². The van der Waals surface area contributed by atoms with Crippen LogP contribution in [-0.4, -0.2) is 39.9 Å². The van der Waals surface area contributed by atoms with Gasteiger partial charge in [-0.25, -0.2) is 38.7 Å². The van der Waals surface area contributed by atoms with Crippen molar-refractivity contribution in [3.05, 3.63) is 166 Å². The Morgan fingerprint density at radius 3 is 1.37 bits per heavy atom. The highest BCUT2D eigenvalue weighted by molar-refractivity contribution is 5.87. The Hall–Kier alpha value is -8.14. The van der Waals surface area contributed by atoms with E-state index in [-0.39, 0.29) is 21.9 Å². The molecule has 6 heterocycles. The van der Waals surface area contributed by atoms with Crippen molar-refractivity contribution in [3.8, 4) is 22.3 Å². The standard InChI is InChI=1S/2C23H18FN5O2/c2*1-2-15(29-23-19-22(26-11-25-19)27-12-28-23)21-17(13-7-4-3-5-8-13)20(30)18-14(24)9-6-10-16(18)31-21/h2*3-12,15H,2H2,1H3,(H2,25,26,27,28,29). The third-order valence-electron chi connectivity index (χ3n) is 10.4. The number of anilines is 2. The predicted molar refractivity (Wildman–Crippen MR) is 232 cm³/mol. The summed E-state index contributed by atoms with van der Waals surface area (Å²) < 4.78 is 41.4. The van der Waals surface area contributed by atoms with Gasteiger partial charge in [-0.1, -0.05) is 86.6 Å². The Labute approximate surface area is 350 Å². The molecule has 0 radical (unpaired) electrons. The number of hydrogen-bond donors (Lipinski definition) is 4. The summed E-state index contributed by atoms with van der Waals surface area (Å²) in [6, 6.07) is 26.3. The summed E-state index contributed by atoms with van der Waals surface area (Å²) in [4.78, 5) is 58.1. The molecule has 4 aromatic carbocycles. The normalized spacial score (nSPS) is 12.3. The highest BCUT2D eigenvalue weighted by Crippen LogP contribution is 2.35. The molecule has 308 valence electrons. The van der Waals surface area contributed by atoms with Crippen molar-refractivity contribution in [3.63, 3.8) is 0 Å². The second kappa shape index (κ2) is 16.8. The number of aromatic amines is 2. The van der Waals surface area contributed by atoms with Gasteiger partial charge in [0.25, 0.3) is 0 Å². The lowest BCUT2D eigenvalue weighted by Gasteiger charge is -2.20. The van der Waals surface area contributed by atoms with Gasteiger partial charge in [-0.2, -0.15) is 0 Å². The molecule has 10 rings (SSSR count). The molecule has 0 amide bonds. The monoisotopic (exact) mass is 830 g/mol. The molecule has 2 unspecified atom stereocenters. The van der Waals surface area contributed by atoms with Crippen LogP contribution in [-0.2, 0) is 0 Å². The number of hydrogen-bond acceptors (Lipinski definition) is 12. The van der Waals surface area contributed by atoms with Crippen molar-refractivity contribution in [2.75, 3.05) is 10.6 Å². The van der Waals surface area contributed by atoms with Crippen LogP contribution in [0.2, 0.25) is 0 Å². The summed E-state index contributed by atoms with van der Waals surface area (Å²) in [5, 5.41) is 6.57. The summed E-state index contributed by atoms with van der Waals surface area (Å²) in [6.07, 6.45) is 7.09. The molecule has 4 N–H and O–H groups in total. The largest absolute Gasteiger partial charge is 0.458 e. The maximum Gasteiger partial charge on any atom is 0.203 e. The summed E-state index contributed by atoms with van der Waals surface area (Å²) >= 11 is 0. The molecule has 0 saturated heterocycles. The van der Waals surface area contributed by atoms with E-state index in [0.717, 1.165) is 0 Å². The SMILES string of the molecule is CCC(Nc1ncnc2nc[nH]c12)c1oc2cccc(F)c2c(=O)c1-c1ccccc1.CCC(Nc1ncnc2nc[nH]c12)c1oc2cccc(F)c2c(=O)c1-c1ccccc1. The van der Waals surface area contributed by atoms with Crippen LogP contribution in [0.25, 0.3) is 66.5 Å². The molecule has 0 fully saturated rings. The average Bonchev–Trinajstić information content (AvgIpc) is 3.99. The second-order valence-electron chi connectivity index (χ2n) is 14.2. The maximum absolute atomic E-state index is 14.5. The topological polar surface area (TPSA) is 193 Å². The molecular formula is C46H36F2N10O4. The number of nitrogens with one attached hydrogen (secondary N) is 4. The number of aromatic nitrogens is 8. The lowest BCUT2D eigenvalue weighted by molar-refractivity contribution is 0.493. The minimum absolute atomic E-state index is 0.0575. The minimum atomic E-state index is -0.606. The highest BCUT2D eigenvalue weighted by Gasteiger charge is 2.27. The van der Waals surface area contributed by atoms with Crippen molar-refractivity contribution in [2.24, 2.45) is 0 Å². The molecule has 0 aliphatic rings. The van der Waals surface area contributed by atoms with Crippen LogP contribution in [0.3, 0.4) is 0 Å². The Morgan fingerprint density at radius 2 is 0.968 bits per heavy atom. The Kier molecular flexibility index (Phi) is 10.7. The number of rotatable bonds is 10. The number of halogens is 2. The number of nitrogens with zero attached hydrogens (tertiary/aromatic N) is 6. The zero-order valence-electron chi connectivity index (χ0n) is 33.2. The smallest absolute Gasteiger partial charge is 0.203 e. The van der Waals surface area contributed by atoms with Gasteiger partial charge < -0.3 is 29.4 Å². The highest BCUT2D eigenvalue weighted by atomic mass is 19.1. The molecule has 0 aliphatic heterocycles. The van der Waals surface area contributed by atoms with E-state index in [2.05, 4.69) is 50.5 Å². The van der Waals surface area contributed by atoms with E-state index in [1.807, 2.05) is 74.5 Å². The molecule has 2 atom stereocenters. The third kappa shape index (κ3) is 7.27. The average molecular weight is 831 g/mol. The fourth-order valence-electron chi connectivity index (χ4n) is 7.46. The molecule has 14 nitrogen and oxygen atoms in total. The fraction of sp³-hybridized carbons (Fsp3) is 0.130. The molecule has 0 aliphatic carbocycles. The molecule has 10 aromatic rings. The zero-order chi connectivity index (χ0) is 42.7. The van der Waals surface area contributed by atoms with Crippen LogP contribution in [0.15, 0.2) is 141 Å². The number of H-pyrrole nitrogens is 2. The fourth-order valence-corrected chi connectivity index (χ4v) is 7.46. The van der Waals surface area contributed by atoms with Gasteiger partial charge >= 0.3 is 0 Å². The van der Waals surface area contributed by atoms with E-state index in [9.17, 15) is 18.4 Å². The summed E-state index contributed by atoms with van der Waals surface area (Å²) in [6.45, 7) is 3.93. The summed E-state index contributed by atoms with van der Waals surface area (Å²) in [5.41, 5.74) is 3.91. The molecule has 0 spiro atoms. The number of fused-ring (bicyclic) bond motifs is 4. The molecule has 6 aromatic heterocycles. The van der Waals surface area contributed by atoms with E-state index in [4.69, 9.17) is 8.83 Å². The maximum atomic E-state index is 14.5. The van der Waals surface area contributed by atoms with Crippen LogP contribution in [0, 0.1) is 11.6 Å². The summed E-state index contributed by atoms with van der Waals surface area (Å²) in [7, 11) is 0. The second-order valence-corrected chi connectivity index (χ2v) is 14.2. The first-order chi connectivity index (χ1) is 30.3. The van der Waals surface area contributed by atoms with Crippen molar-refractivity contribution < 1.29 is 17.6 Å². The Bertz CT molecular complexity index is 3110. The summed E-state index contributed by atoms with van der Waals surface area (Å²) in [5.74, 6) is 0.703. The van der Waals surface area contributed by atoms with Gasteiger partial charge in [-0.15, -0.1) is 0 Å². The number of imidazole rings is 2. The lowest BCUT2D eigenvalue weighted by Crippen LogP contribution is -2.18. The van der Waals surface area contributed by atoms with E-state index < -0.39 is 34.6 Å². The molecule has 62 heavy (non-hydrogen) atoms. The van der Waals surface area contributed by atoms with E-state index in [1.165, 1.54) is 36.9 Å². The molecule has 16 heteroatoms. The van der Waals surface area contributed by atoms with Gasteiger partial charge in [0.05, 0.1) is 35.9 Å². The van der Waals surface area contributed by atoms with E-state index in [1.54, 1.807) is 24.8 Å². The zero-order valence-corrected chi connectivity index (χ0v) is 33.2.